The van der Waals surface area contributed by atoms with E-state index in [0.29, 0.717) is 12.8 Å². The Morgan fingerprint density at radius 1 is 0.789 bits per heavy atom. The van der Waals surface area contributed by atoms with Gasteiger partial charge < -0.3 is 65.1 Å². The van der Waals surface area contributed by atoms with Crippen LogP contribution in [0.5, 0.6) is 0 Å². The smallest absolute Gasteiger partial charge is 0.246 e. The number of rotatable bonds is 18. The number of carbonyl (C=O) groups is 11. The number of aryl methyl sites for hydroxylation is 2. The molecule has 394 valence electrons. The predicted molar refractivity (Wildman–Crippen MR) is 267 cm³/mol. The molecule has 0 spiro atoms. The molecule has 0 saturated carbocycles. The standard InChI is InChI=1S/C46H72N12O11S2/c1-7-24(5)38-45(68)52-29(13-14-35(48)59)41(64)54-32(19-36(49)60)42(65)56-33(46(69)58-15-9-10-34(58)44(67)55-30(16-23(3)4)40(63)51-20-37(50)61)22-71-70-21-28(47)39(62)53-31(43(66)57-38)18-27-12-11-26(8-2)17-25(27)6/h11-12,17,23-24,28-34,38H,7-10,13-16,18-22,47H2,1-6H3,(H2,48,59)(H2,49,60)(H2,50,61)(H,51,63)(H,52,68)(H,53,62)(H,54,64)(H,55,67)(H,56,65)(H,57,66)/t24-,28-,29-,30-,31-,32-,33-,34-,38-/m0/s1. The molecule has 2 aliphatic rings. The molecule has 3 rings (SSSR count). The van der Waals surface area contributed by atoms with Crippen LogP contribution < -0.4 is 60.2 Å². The van der Waals surface area contributed by atoms with Gasteiger partial charge in [-0.05, 0) is 67.6 Å². The van der Waals surface area contributed by atoms with Crippen molar-refractivity contribution in [1.82, 2.24) is 42.1 Å². The first-order valence-electron chi connectivity index (χ1n) is 23.8. The largest absolute Gasteiger partial charge is 0.370 e. The van der Waals surface area contributed by atoms with Gasteiger partial charge in [0, 0.05) is 30.9 Å². The molecule has 2 saturated heterocycles. The van der Waals surface area contributed by atoms with Gasteiger partial charge in [0.15, 0.2) is 0 Å². The van der Waals surface area contributed by atoms with Gasteiger partial charge in [0.05, 0.1) is 19.0 Å². The van der Waals surface area contributed by atoms with E-state index >= 15 is 0 Å². The average Bonchev–Trinajstić information content (AvgIpc) is 3.81. The Bertz CT molecular complexity index is 2130. The van der Waals surface area contributed by atoms with E-state index in [-0.39, 0.29) is 49.7 Å². The predicted octanol–water partition coefficient (Wildman–Crippen LogP) is -2.44. The van der Waals surface area contributed by atoms with Gasteiger partial charge >= 0.3 is 0 Å². The van der Waals surface area contributed by atoms with Crippen LogP contribution in [0.2, 0.25) is 0 Å². The number of carbonyl (C=O) groups excluding carboxylic acids is 11. The highest BCUT2D eigenvalue weighted by molar-refractivity contribution is 8.76. The lowest BCUT2D eigenvalue weighted by Gasteiger charge is -2.31. The highest BCUT2D eigenvalue weighted by Crippen LogP contribution is 2.26. The molecule has 2 fully saturated rings. The van der Waals surface area contributed by atoms with Crippen LogP contribution in [0.15, 0.2) is 18.2 Å². The van der Waals surface area contributed by atoms with Crippen molar-refractivity contribution >= 4 is 86.6 Å². The van der Waals surface area contributed by atoms with Gasteiger partial charge in [0.2, 0.25) is 65.0 Å². The van der Waals surface area contributed by atoms with Gasteiger partial charge in [0.1, 0.15) is 42.3 Å². The van der Waals surface area contributed by atoms with Gasteiger partial charge in [-0.3, -0.25) is 52.7 Å². The van der Waals surface area contributed by atoms with Crippen LogP contribution in [0.25, 0.3) is 0 Å². The Balaban J connectivity index is 2.07. The van der Waals surface area contributed by atoms with Crippen LogP contribution in [-0.4, -0.2) is 143 Å². The summed E-state index contributed by atoms with van der Waals surface area (Å²) in [5, 5.41) is 18.1. The maximum absolute atomic E-state index is 14.5. The summed E-state index contributed by atoms with van der Waals surface area (Å²) in [7, 11) is 2.11. The van der Waals surface area contributed by atoms with Gasteiger partial charge in [-0.15, -0.1) is 0 Å². The lowest BCUT2D eigenvalue weighted by atomic mass is 9.95. The second kappa shape index (κ2) is 28.8. The van der Waals surface area contributed by atoms with Crippen molar-refractivity contribution in [1.29, 1.82) is 0 Å². The van der Waals surface area contributed by atoms with E-state index in [4.69, 9.17) is 22.9 Å². The third-order valence-electron chi connectivity index (χ3n) is 12.1. The highest BCUT2D eigenvalue weighted by atomic mass is 33.1. The summed E-state index contributed by atoms with van der Waals surface area (Å²) >= 11 is 0. The minimum atomic E-state index is -1.74. The lowest BCUT2D eigenvalue weighted by molar-refractivity contribution is -0.142. The molecular formula is C46H72N12O11S2. The van der Waals surface area contributed by atoms with Crippen LogP contribution in [0.1, 0.15) is 96.3 Å². The molecule has 0 aliphatic carbocycles. The maximum Gasteiger partial charge on any atom is 0.246 e. The molecule has 0 bridgehead atoms. The van der Waals surface area contributed by atoms with E-state index in [9.17, 15) is 52.7 Å². The summed E-state index contributed by atoms with van der Waals surface area (Å²) in [6.45, 7) is 10.6. The summed E-state index contributed by atoms with van der Waals surface area (Å²) in [4.78, 5) is 149. The van der Waals surface area contributed by atoms with Crippen molar-refractivity contribution in [2.45, 2.75) is 148 Å². The quantitative estimate of drug-likeness (QED) is 0.0681. The summed E-state index contributed by atoms with van der Waals surface area (Å²) in [5.41, 5.74) is 25.2. The molecule has 1 aromatic carbocycles. The zero-order chi connectivity index (χ0) is 53.1. The molecule has 0 radical (unpaired) electrons. The molecule has 0 unspecified atom stereocenters. The fraction of sp³-hybridized carbons (Fsp3) is 0.630. The number of hydrogen-bond donors (Lipinski definition) is 11. The fourth-order valence-corrected chi connectivity index (χ4v) is 10.2. The number of hydrogen-bond acceptors (Lipinski definition) is 14. The minimum absolute atomic E-state index is 0.0155. The first-order valence-corrected chi connectivity index (χ1v) is 26.3. The van der Waals surface area contributed by atoms with Gasteiger partial charge in [-0.25, -0.2) is 0 Å². The Hall–Kier alpha value is -5.95. The summed E-state index contributed by atoms with van der Waals surface area (Å²) in [6.07, 6.45) is 0.300. The van der Waals surface area contributed by atoms with E-state index < -0.39 is 139 Å². The van der Waals surface area contributed by atoms with Gasteiger partial charge in [-0.1, -0.05) is 80.8 Å². The van der Waals surface area contributed by atoms with E-state index in [0.717, 1.165) is 44.7 Å². The van der Waals surface area contributed by atoms with Crippen molar-refractivity contribution in [2.75, 3.05) is 24.6 Å². The first kappa shape index (κ1) is 59.4. The van der Waals surface area contributed by atoms with E-state index in [1.807, 2.05) is 45.9 Å². The van der Waals surface area contributed by atoms with Crippen LogP contribution in [0, 0.1) is 18.8 Å². The normalized spacial score (nSPS) is 24.0. The molecule has 25 heteroatoms. The molecular weight excluding hydrogens is 961 g/mol. The number of amides is 11. The van der Waals surface area contributed by atoms with Gasteiger partial charge in [0.25, 0.3) is 0 Å². The molecule has 2 heterocycles. The van der Waals surface area contributed by atoms with Crippen molar-refractivity contribution in [3.8, 4) is 0 Å². The summed E-state index contributed by atoms with van der Waals surface area (Å²) in [5.74, 6) is -9.98. The molecule has 9 atom stereocenters. The topological polar surface area (TPSA) is 379 Å². The highest BCUT2D eigenvalue weighted by Gasteiger charge is 2.41. The van der Waals surface area contributed by atoms with Crippen molar-refractivity contribution in [2.24, 2.45) is 34.8 Å². The zero-order valence-electron chi connectivity index (χ0n) is 41.3. The van der Waals surface area contributed by atoms with Crippen molar-refractivity contribution < 1.29 is 52.7 Å². The number of primary amides is 3. The van der Waals surface area contributed by atoms with Crippen LogP contribution in [-0.2, 0) is 65.6 Å². The number of benzene rings is 1. The molecule has 71 heavy (non-hydrogen) atoms. The molecule has 23 nitrogen and oxygen atoms in total. The second-order valence-corrected chi connectivity index (χ2v) is 20.9. The first-order chi connectivity index (χ1) is 33.4. The Kier molecular flexibility index (Phi) is 24.1. The van der Waals surface area contributed by atoms with Gasteiger partial charge in [-0.2, -0.15) is 0 Å². The van der Waals surface area contributed by atoms with Crippen LogP contribution in [0.3, 0.4) is 0 Å². The van der Waals surface area contributed by atoms with Crippen molar-refractivity contribution in [3.63, 3.8) is 0 Å². The maximum atomic E-state index is 14.5. The third kappa shape index (κ3) is 19.0. The van der Waals surface area contributed by atoms with E-state index in [2.05, 4.69) is 37.2 Å². The summed E-state index contributed by atoms with van der Waals surface area (Å²) < 4.78 is 0. The zero-order valence-corrected chi connectivity index (χ0v) is 42.9. The van der Waals surface area contributed by atoms with Crippen LogP contribution in [0.4, 0.5) is 0 Å². The molecule has 1 aromatic rings. The van der Waals surface area contributed by atoms with E-state index in [1.54, 1.807) is 13.8 Å². The molecule has 0 aromatic heterocycles. The SMILES string of the molecule is CCc1ccc(C[C@@H]2NC(=O)[C@@H](N)CSSC[C@@H](C(=O)N3CCC[C@H]3C(=O)N[C@@H](CC(C)C)C(=O)NCC(N)=O)NC(=O)[C@H](CC(N)=O)NC(=O)[C@H](CCC(N)=O)NC(=O)[C@H]([C@@H](C)CC)NC2=O)c(C)c1. The third-order valence-corrected chi connectivity index (χ3v) is 14.6. The Morgan fingerprint density at radius 3 is 2.03 bits per heavy atom. The second-order valence-electron chi connectivity index (χ2n) is 18.4. The Labute approximate surface area is 421 Å². The number of nitrogens with two attached hydrogens (primary N) is 4. The molecule has 15 N–H and O–H groups in total. The Morgan fingerprint density at radius 2 is 1.42 bits per heavy atom. The molecule has 2 aliphatic heterocycles. The number of likely N-dealkylation sites (tertiary alicyclic amines) is 1. The summed E-state index contributed by atoms with van der Waals surface area (Å²) in [6, 6.07) is -4.95. The average molecular weight is 1030 g/mol. The fourth-order valence-electron chi connectivity index (χ4n) is 7.90. The van der Waals surface area contributed by atoms with Crippen molar-refractivity contribution in [3.05, 3.63) is 34.9 Å². The van der Waals surface area contributed by atoms with Crippen LogP contribution >= 0.6 is 21.6 Å². The minimum Gasteiger partial charge on any atom is -0.370 e. The van der Waals surface area contributed by atoms with E-state index in [1.165, 1.54) is 4.90 Å². The number of nitrogens with one attached hydrogen (secondary N) is 7. The monoisotopic (exact) mass is 1030 g/mol. The number of nitrogens with zero attached hydrogens (tertiary/aromatic N) is 1. The lowest BCUT2D eigenvalue weighted by Crippen LogP contribution is -2.61. The molecule has 11 amide bonds.